The molecule has 1 amide bonds. The second-order valence-corrected chi connectivity index (χ2v) is 2.73. The van der Waals surface area contributed by atoms with Crippen molar-refractivity contribution in [2.24, 2.45) is 0 Å². The Morgan fingerprint density at radius 2 is 2.17 bits per heavy atom. The van der Waals surface area contributed by atoms with E-state index in [1.807, 2.05) is 7.05 Å². The normalized spacial score (nSPS) is 9.83. The SMILES string of the molecule is CCCCN(CCNC)C(=O)O. The summed E-state index contributed by atoms with van der Waals surface area (Å²) >= 11 is 0. The summed E-state index contributed by atoms with van der Waals surface area (Å²) in [6.45, 7) is 3.99. The molecule has 0 saturated carbocycles. The topological polar surface area (TPSA) is 52.6 Å². The molecule has 0 aliphatic heterocycles. The minimum atomic E-state index is -0.821. The number of nitrogens with zero attached hydrogens (tertiary/aromatic N) is 1. The van der Waals surface area contributed by atoms with Crippen molar-refractivity contribution in [1.82, 2.24) is 10.2 Å². The van der Waals surface area contributed by atoms with Gasteiger partial charge < -0.3 is 15.3 Å². The van der Waals surface area contributed by atoms with Crippen LogP contribution >= 0.6 is 0 Å². The average Bonchev–Trinajstić information content (AvgIpc) is 2.04. The molecule has 12 heavy (non-hydrogen) atoms. The van der Waals surface area contributed by atoms with Crippen LogP contribution in [-0.2, 0) is 0 Å². The van der Waals surface area contributed by atoms with Gasteiger partial charge in [0.1, 0.15) is 0 Å². The molecular weight excluding hydrogens is 156 g/mol. The molecule has 0 aliphatic carbocycles. The minimum absolute atomic E-state index is 0.575. The zero-order valence-corrected chi connectivity index (χ0v) is 7.84. The van der Waals surface area contributed by atoms with Gasteiger partial charge in [0.05, 0.1) is 0 Å². The van der Waals surface area contributed by atoms with Crippen LogP contribution in [0.2, 0.25) is 0 Å². The van der Waals surface area contributed by atoms with Crippen LogP contribution in [0.5, 0.6) is 0 Å². The van der Waals surface area contributed by atoms with Crippen LogP contribution in [-0.4, -0.2) is 42.8 Å². The lowest BCUT2D eigenvalue weighted by atomic mass is 10.3. The lowest BCUT2D eigenvalue weighted by Crippen LogP contribution is -2.35. The Balaban J connectivity index is 3.62. The number of hydrogen-bond acceptors (Lipinski definition) is 2. The average molecular weight is 174 g/mol. The Hall–Kier alpha value is -0.770. The highest BCUT2D eigenvalue weighted by Gasteiger charge is 2.08. The standard InChI is InChI=1S/C8H18N2O2/c1-3-4-6-10(8(11)12)7-5-9-2/h9H,3-7H2,1-2H3,(H,11,12). The van der Waals surface area contributed by atoms with E-state index in [1.165, 1.54) is 4.90 Å². The lowest BCUT2D eigenvalue weighted by molar-refractivity contribution is 0.145. The molecule has 0 spiro atoms. The summed E-state index contributed by atoms with van der Waals surface area (Å²) in [5, 5.41) is 11.6. The molecule has 0 unspecified atom stereocenters. The highest BCUT2D eigenvalue weighted by Crippen LogP contribution is 1.94. The maximum Gasteiger partial charge on any atom is 0.407 e. The van der Waals surface area contributed by atoms with Crippen molar-refractivity contribution in [3.05, 3.63) is 0 Å². The second kappa shape index (κ2) is 6.91. The van der Waals surface area contributed by atoms with E-state index in [9.17, 15) is 4.79 Å². The summed E-state index contributed by atoms with van der Waals surface area (Å²) < 4.78 is 0. The van der Waals surface area contributed by atoms with Crippen LogP contribution in [0.3, 0.4) is 0 Å². The molecular formula is C8H18N2O2. The van der Waals surface area contributed by atoms with E-state index < -0.39 is 6.09 Å². The highest BCUT2D eigenvalue weighted by molar-refractivity contribution is 5.64. The first-order valence-corrected chi connectivity index (χ1v) is 4.34. The molecule has 0 aromatic rings. The van der Waals surface area contributed by atoms with Gasteiger partial charge in [0.25, 0.3) is 0 Å². The first kappa shape index (κ1) is 11.2. The maximum atomic E-state index is 10.6. The fraction of sp³-hybridized carbons (Fsp3) is 0.875. The molecule has 0 aliphatic rings. The minimum Gasteiger partial charge on any atom is -0.465 e. The predicted octanol–water partition coefficient (Wildman–Crippen LogP) is 0.986. The van der Waals surface area contributed by atoms with E-state index in [0.717, 1.165) is 19.4 Å². The molecule has 0 aromatic heterocycles. The van der Waals surface area contributed by atoms with Gasteiger partial charge in [-0.25, -0.2) is 4.79 Å². The van der Waals surface area contributed by atoms with Gasteiger partial charge in [0.15, 0.2) is 0 Å². The van der Waals surface area contributed by atoms with Crippen LogP contribution in [0, 0.1) is 0 Å². The molecule has 0 heterocycles. The number of carbonyl (C=O) groups is 1. The fourth-order valence-corrected chi connectivity index (χ4v) is 0.899. The van der Waals surface area contributed by atoms with E-state index in [2.05, 4.69) is 12.2 Å². The van der Waals surface area contributed by atoms with Crippen molar-refractivity contribution >= 4 is 6.09 Å². The van der Waals surface area contributed by atoms with Crippen molar-refractivity contribution in [2.45, 2.75) is 19.8 Å². The third-order valence-electron chi connectivity index (χ3n) is 1.68. The van der Waals surface area contributed by atoms with Crippen LogP contribution in [0.25, 0.3) is 0 Å². The molecule has 4 nitrogen and oxygen atoms in total. The van der Waals surface area contributed by atoms with Gasteiger partial charge in [-0.15, -0.1) is 0 Å². The second-order valence-electron chi connectivity index (χ2n) is 2.73. The molecule has 4 heteroatoms. The summed E-state index contributed by atoms with van der Waals surface area (Å²) in [5.74, 6) is 0. The largest absolute Gasteiger partial charge is 0.465 e. The molecule has 72 valence electrons. The molecule has 0 aromatic carbocycles. The Labute approximate surface area is 73.6 Å². The van der Waals surface area contributed by atoms with Gasteiger partial charge in [-0.3, -0.25) is 0 Å². The lowest BCUT2D eigenvalue weighted by Gasteiger charge is -2.18. The number of likely N-dealkylation sites (N-methyl/N-ethyl adjacent to an activating group) is 1. The van der Waals surface area contributed by atoms with Crippen molar-refractivity contribution in [2.75, 3.05) is 26.7 Å². The van der Waals surface area contributed by atoms with Crippen LogP contribution in [0.1, 0.15) is 19.8 Å². The Kier molecular flexibility index (Phi) is 6.47. The highest BCUT2D eigenvalue weighted by atomic mass is 16.4. The number of rotatable bonds is 6. The number of unbranched alkanes of at least 4 members (excludes halogenated alkanes) is 1. The summed E-state index contributed by atoms with van der Waals surface area (Å²) in [6, 6.07) is 0. The molecule has 2 N–H and O–H groups in total. The molecule has 0 saturated heterocycles. The van der Waals surface area contributed by atoms with Crippen LogP contribution < -0.4 is 5.32 Å². The first-order chi connectivity index (χ1) is 5.72. The first-order valence-electron chi connectivity index (χ1n) is 4.34. The number of amides is 1. The van der Waals surface area contributed by atoms with Gasteiger partial charge in [-0.05, 0) is 13.5 Å². The van der Waals surface area contributed by atoms with Crippen molar-refractivity contribution in [1.29, 1.82) is 0 Å². The van der Waals surface area contributed by atoms with Crippen molar-refractivity contribution in [3.8, 4) is 0 Å². The van der Waals surface area contributed by atoms with Crippen LogP contribution in [0.4, 0.5) is 4.79 Å². The van der Waals surface area contributed by atoms with E-state index >= 15 is 0 Å². The number of carboxylic acid groups (broad SMARTS) is 1. The molecule has 0 radical (unpaired) electrons. The van der Waals surface area contributed by atoms with E-state index in [0.29, 0.717) is 13.1 Å². The van der Waals surface area contributed by atoms with Crippen molar-refractivity contribution in [3.63, 3.8) is 0 Å². The molecule has 0 bridgehead atoms. The molecule has 0 rings (SSSR count). The van der Waals surface area contributed by atoms with E-state index in [1.54, 1.807) is 0 Å². The monoisotopic (exact) mass is 174 g/mol. The Morgan fingerprint density at radius 3 is 2.58 bits per heavy atom. The third-order valence-corrected chi connectivity index (χ3v) is 1.68. The van der Waals surface area contributed by atoms with Crippen LogP contribution in [0.15, 0.2) is 0 Å². The summed E-state index contributed by atoms with van der Waals surface area (Å²) in [7, 11) is 1.82. The van der Waals surface area contributed by atoms with E-state index in [4.69, 9.17) is 5.11 Å². The summed E-state index contributed by atoms with van der Waals surface area (Å²) in [4.78, 5) is 12.1. The van der Waals surface area contributed by atoms with Crippen molar-refractivity contribution < 1.29 is 9.90 Å². The maximum absolute atomic E-state index is 10.6. The summed E-state index contributed by atoms with van der Waals surface area (Å²) in [5.41, 5.74) is 0. The van der Waals surface area contributed by atoms with Gasteiger partial charge in [0.2, 0.25) is 0 Å². The van der Waals surface area contributed by atoms with E-state index in [-0.39, 0.29) is 0 Å². The summed E-state index contributed by atoms with van der Waals surface area (Å²) in [6.07, 6.45) is 1.15. The van der Waals surface area contributed by atoms with Gasteiger partial charge >= 0.3 is 6.09 Å². The smallest absolute Gasteiger partial charge is 0.407 e. The molecule has 0 atom stereocenters. The number of nitrogens with one attached hydrogen (secondary N) is 1. The third kappa shape index (κ3) is 4.96. The van der Waals surface area contributed by atoms with Gasteiger partial charge in [-0.2, -0.15) is 0 Å². The Bertz CT molecular complexity index is 120. The zero-order chi connectivity index (χ0) is 9.40. The zero-order valence-electron chi connectivity index (χ0n) is 7.84. The predicted molar refractivity (Wildman–Crippen MR) is 48.4 cm³/mol. The van der Waals surface area contributed by atoms with Gasteiger partial charge in [-0.1, -0.05) is 13.3 Å². The molecule has 0 fully saturated rings. The van der Waals surface area contributed by atoms with Gasteiger partial charge in [0, 0.05) is 19.6 Å². The quantitative estimate of drug-likeness (QED) is 0.631. The fourth-order valence-electron chi connectivity index (χ4n) is 0.899. The number of hydrogen-bond donors (Lipinski definition) is 2. The Morgan fingerprint density at radius 1 is 1.50 bits per heavy atom.